The van der Waals surface area contributed by atoms with E-state index in [1.54, 1.807) is 0 Å². The Bertz CT molecular complexity index is 193. The van der Waals surface area contributed by atoms with E-state index < -0.39 is 7.04 Å². The number of aromatic amines is 1. The molecule has 0 spiro atoms. The quantitative estimate of drug-likeness (QED) is 0.556. The van der Waals surface area contributed by atoms with Gasteiger partial charge >= 0.3 is 0 Å². The van der Waals surface area contributed by atoms with Crippen LogP contribution in [0.2, 0.25) is 0 Å². The Morgan fingerprint density at radius 3 is 3.71 bits per heavy atom. The second kappa shape index (κ2) is 1.64. The van der Waals surface area contributed by atoms with Gasteiger partial charge < -0.3 is 4.74 Å². The molecule has 7 heavy (non-hydrogen) atoms. The topological polar surface area (TPSA) is 37.9 Å². The van der Waals surface area contributed by atoms with Crippen LogP contribution in [0.15, 0.2) is 12.3 Å². The van der Waals surface area contributed by atoms with Crippen molar-refractivity contribution in [2.24, 2.45) is 0 Å². The molecule has 3 heteroatoms. The number of H-pyrrole nitrogens is 1. The molecule has 1 rings (SSSR count). The SMILES string of the molecule is [2H]C([2H])([2H])Oc1cc[nH]n1. The van der Waals surface area contributed by atoms with Crippen LogP contribution >= 0.6 is 0 Å². The van der Waals surface area contributed by atoms with Gasteiger partial charge in [-0.15, -0.1) is 5.10 Å². The van der Waals surface area contributed by atoms with Crippen molar-refractivity contribution in [2.75, 3.05) is 7.04 Å². The number of nitrogens with zero attached hydrogens (tertiary/aromatic N) is 1. The van der Waals surface area contributed by atoms with Crippen molar-refractivity contribution >= 4 is 0 Å². The smallest absolute Gasteiger partial charge is 0.232 e. The van der Waals surface area contributed by atoms with Crippen LogP contribution < -0.4 is 4.74 Å². The Morgan fingerprint density at radius 1 is 2.14 bits per heavy atom. The molecule has 0 amide bonds. The van der Waals surface area contributed by atoms with Crippen molar-refractivity contribution in [1.29, 1.82) is 0 Å². The Morgan fingerprint density at radius 2 is 3.14 bits per heavy atom. The average molecular weight is 101 g/mol. The lowest BCUT2D eigenvalue weighted by atomic mass is 10.7. The first-order valence-electron chi connectivity index (χ1n) is 3.27. The van der Waals surface area contributed by atoms with Gasteiger partial charge in [0.1, 0.15) is 0 Å². The third-order valence-corrected chi connectivity index (χ3v) is 0.580. The summed E-state index contributed by atoms with van der Waals surface area (Å²) in [4.78, 5) is 0. The third kappa shape index (κ3) is 0.707. The highest BCUT2D eigenvalue weighted by Gasteiger charge is 1.84. The summed E-state index contributed by atoms with van der Waals surface area (Å²) in [7, 11) is -2.41. The van der Waals surface area contributed by atoms with Crippen molar-refractivity contribution in [1.82, 2.24) is 10.2 Å². The van der Waals surface area contributed by atoms with Gasteiger partial charge in [-0.2, -0.15) is 0 Å². The van der Waals surface area contributed by atoms with Crippen molar-refractivity contribution in [3.63, 3.8) is 0 Å². The van der Waals surface area contributed by atoms with Crippen LogP contribution in [0.25, 0.3) is 0 Å². The monoisotopic (exact) mass is 101 g/mol. The molecule has 0 atom stereocenters. The molecule has 1 aromatic heterocycles. The number of ether oxygens (including phenoxy) is 1. The molecule has 0 bridgehead atoms. The van der Waals surface area contributed by atoms with E-state index >= 15 is 0 Å². The summed E-state index contributed by atoms with van der Waals surface area (Å²) < 4.78 is 24.4. The highest BCUT2D eigenvalue weighted by Crippen LogP contribution is 1.98. The second-order valence-corrected chi connectivity index (χ2v) is 1.01. The molecule has 1 heterocycles. The molecule has 0 radical (unpaired) electrons. The fourth-order valence-electron chi connectivity index (χ4n) is 0.304. The number of rotatable bonds is 1. The molecule has 0 saturated carbocycles. The summed E-state index contributed by atoms with van der Waals surface area (Å²) in [6, 6.07) is 1.44. The minimum Gasteiger partial charge on any atom is -0.480 e. The summed E-state index contributed by atoms with van der Waals surface area (Å²) in [5.41, 5.74) is 0. The molecular formula is C4H6N2O. The molecule has 0 aromatic carbocycles. The Balaban J connectivity index is 2.57. The first-order valence-corrected chi connectivity index (χ1v) is 1.77. The van der Waals surface area contributed by atoms with Gasteiger partial charge in [0.2, 0.25) is 5.88 Å². The first-order chi connectivity index (χ1) is 4.58. The lowest BCUT2D eigenvalue weighted by molar-refractivity contribution is 0.397. The molecule has 0 aliphatic carbocycles. The Kier molecular flexibility index (Phi) is 0.435. The Labute approximate surface area is 45.5 Å². The standard InChI is InChI=1S/C4H6N2O/c1-7-4-2-3-5-6-4/h2-3H,1H3,(H,5,6)/i1D3. The summed E-state index contributed by atoms with van der Waals surface area (Å²) in [5, 5.41) is 5.92. The lowest BCUT2D eigenvalue weighted by Gasteiger charge is -1.84. The van der Waals surface area contributed by atoms with Gasteiger partial charge in [0.25, 0.3) is 0 Å². The van der Waals surface area contributed by atoms with Crippen molar-refractivity contribution in [3.8, 4) is 5.88 Å². The zero-order valence-corrected chi connectivity index (χ0v) is 3.51. The van der Waals surface area contributed by atoms with Gasteiger partial charge in [-0.25, -0.2) is 0 Å². The van der Waals surface area contributed by atoms with E-state index in [2.05, 4.69) is 14.9 Å². The number of hydrogen-bond donors (Lipinski definition) is 1. The normalized spacial score (nSPS) is 16.9. The highest BCUT2D eigenvalue weighted by molar-refractivity contribution is 5.03. The average Bonchev–Trinajstić information content (AvgIpc) is 2.12. The zero-order chi connectivity index (χ0) is 7.61. The van der Waals surface area contributed by atoms with E-state index in [1.165, 1.54) is 12.3 Å². The van der Waals surface area contributed by atoms with Crippen LogP contribution in [0.5, 0.6) is 5.88 Å². The second-order valence-electron chi connectivity index (χ2n) is 1.01. The minimum atomic E-state index is -2.41. The van der Waals surface area contributed by atoms with Crippen LogP contribution in [0.3, 0.4) is 0 Å². The first kappa shape index (κ1) is 1.86. The Hall–Kier alpha value is -0.990. The molecule has 0 aliphatic heterocycles. The van der Waals surface area contributed by atoms with E-state index in [0.717, 1.165) is 0 Å². The molecular weight excluding hydrogens is 92.1 g/mol. The van der Waals surface area contributed by atoms with Crippen LogP contribution in [-0.4, -0.2) is 17.2 Å². The van der Waals surface area contributed by atoms with E-state index in [0.29, 0.717) is 0 Å². The van der Waals surface area contributed by atoms with Crippen LogP contribution in [0.4, 0.5) is 0 Å². The summed E-state index contributed by atoms with van der Waals surface area (Å²) in [6.45, 7) is 0. The maximum atomic E-state index is 6.67. The number of nitrogens with one attached hydrogen (secondary N) is 1. The minimum absolute atomic E-state index is 0.0833. The van der Waals surface area contributed by atoms with E-state index in [9.17, 15) is 0 Å². The van der Waals surface area contributed by atoms with E-state index in [-0.39, 0.29) is 5.88 Å². The summed E-state index contributed by atoms with van der Waals surface area (Å²) >= 11 is 0. The van der Waals surface area contributed by atoms with Gasteiger partial charge in [0.15, 0.2) is 0 Å². The fraction of sp³-hybridized carbons (Fsp3) is 0.250. The highest BCUT2D eigenvalue weighted by atomic mass is 16.5. The van der Waals surface area contributed by atoms with Gasteiger partial charge in [0, 0.05) is 12.3 Å². The third-order valence-electron chi connectivity index (χ3n) is 0.580. The van der Waals surface area contributed by atoms with Crippen molar-refractivity contribution < 1.29 is 8.85 Å². The maximum absolute atomic E-state index is 6.67. The van der Waals surface area contributed by atoms with E-state index in [1.807, 2.05) is 0 Å². The molecule has 0 aliphatic rings. The summed E-state index contributed by atoms with van der Waals surface area (Å²) in [6.07, 6.45) is 1.49. The van der Waals surface area contributed by atoms with Crippen molar-refractivity contribution in [3.05, 3.63) is 12.3 Å². The molecule has 3 nitrogen and oxygen atoms in total. The van der Waals surface area contributed by atoms with Crippen LogP contribution in [-0.2, 0) is 0 Å². The zero-order valence-electron chi connectivity index (χ0n) is 6.51. The van der Waals surface area contributed by atoms with Crippen LogP contribution in [0.1, 0.15) is 4.11 Å². The van der Waals surface area contributed by atoms with E-state index in [4.69, 9.17) is 4.11 Å². The molecule has 0 fully saturated rings. The summed E-state index contributed by atoms with van der Waals surface area (Å²) in [5.74, 6) is 0.0833. The molecule has 1 N–H and O–H groups in total. The fourth-order valence-corrected chi connectivity index (χ4v) is 0.304. The predicted molar refractivity (Wildman–Crippen MR) is 25.1 cm³/mol. The molecule has 0 unspecified atom stereocenters. The van der Waals surface area contributed by atoms with Gasteiger partial charge in [-0.1, -0.05) is 0 Å². The number of methoxy groups -OCH3 is 1. The number of hydrogen-bond acceptors (Lipinski definition) is 2. The number of aromatic nitrogens is 2. The molecule has 1 aromatic rings. The van der Waals surface area contributed by atoms with Gasteiger partial charge in [0.05, 0.1) is 11.2 Å². The molecule has 38 valence electrons. The maximum Gasteiger partial charge on any atom is 0.232 e. The van der Waals surface area contributed by atoms with Crippen molar-refractivity contribution in [2.45, 2.75) is 0 Å². The van der Waals surface area contributed by atoms with Gasteiger partial charge in [-0.3, -0.25) is 5.10 Å². The van der Waals surface area contributed by atoms with Crippen LogP contribution in [0, 0.1) is 0 Å². The lowest BCUT2D eigenvalue weighted by Crippen LogP contribution is -1.79. The largest absolute Gasteiger partial charge is 0.480 e. The van der Waals surface area contributed by atoms with Gasteiger partial charge in [-0.05, 0) is 0 Å². The molecule has 0 saturated heterocycles. The predicted octanol–water partition coefficient (Wildman–Crippen LogP) is 0.418.